The monoisotopic (exact) mass is 255 g/mol. The topological polar surface area (TPSA) is 21.3 Å². The second kappa shape index (κ2) is 7.49. The zero-order valence-electron chi connectivity index (χ0n) is 13.1. The molecule has 0 saturated heterocycles. The molecular formula is C16H33NO. The van der Waals surface area contributed by atoms with Crippen LogP contribution in [0.5, 0.6) is 0 Å². The maximum absolute atomic E-state index is 6.34. The van der Waals surface area contributed by atoms with E-state index in [2.05, 4.69) is 39.9 Å². The summed E-state index contributed by atoms with van der Waals surface area (Å²) >= 11 is 0. The number of hydrogen-bond acceptors (Lipinski definition) is 2. The SMILES string of the molecule is CC(C)CCOC1(CNC(C)C)CCCC(C)C1. The number of ether oxygens (including phenoxy) is 1. The zero-order chi connectivity index (χ0) is 13.6. The number of nitrogens with one attached hydrogen (secondary N) is 1. The van der Waals surface area contributed by atoms with Crippen molar-refractivity contribution in [2.24, 2.45) is 11.8 Å². The first-order valence-corrected chi connectivity index (χ1v) is 7.81. The van der Waals surface area contributed by atoms with Crippen LogP contribution in [-0.4, -0.2) is 24.8 Å². The maximum Gasteiger partial charge on any atom is 0.0808 e. The Morgan fingerprint density at radius 1 is 1.28 bits per heavy atom. The van der Waals surface area contributed by atoms with Crippen molar-refractivity contribution in [2.75, 3.05) is 13.2 Å². The highest BCUT2D eigenvalue weighted by atomic mass is 16.5. The Bertz CT molecular complexity index is 227. The predicted octanol–water partition coefficient (Wildman–Crippen LogP) is 4.00. The van der Waals surface area contributed by atoms with Crippen molar-refractivity contribution < 1.29 is 4.74 Å². The van der Waals surface area contributed by atoms with Gasteiger partial charge in [-0.05, 0) is 31.1 Å². The Labute approximate surface area is 114 Å². The van der Waals surface area contributed by atoms with Gasteiger partial charge < -0.3 is 10.1 Å². The summed E-state index contributed by atoms with van der Waals surface area (Å²) in [6.45, 7) is 13.3. The fourth-order valence-corrected chi connectivity index (χ4v) is 2.86. The molecule has 0 amide bonds. The molecule has 0 spiro atoms. The molecule has 2 atom stereocenters. The molecule has 2 heteroatoms. The molecule has 0 radical (unpaired) electrons. The smallest absolute Gasteiger partial charge is 0.0808 e. The highest BCUT2D eigenvalue weighted by Crippen LogP contribution is 2.35. The third kappa shape index (κ3) is 5.71. The fourth-order valence-electron chi connectivity index (χ4n) is 2.86. The van der Waals surface area contributed by atoms with Gasteiger partial charge in [0.2, 0.25) is 0 Å². The zero-order valence-corrected chi connectivity index (χ0v) is 13.1. The minimum atomic E-state index is 0.108. The molecule has 18 heavy (non-hydrogen) atoms. The minimum absolute atomic E-state index is 0.108. The van der Waals surface area contributed by atoms with Crippen LogP contribution in [0.2, 0.25) is 0 Å². The van der Waals surface area contributed by atoms with E-state index in [0.29, 0.717) is 6.04 Å². The first kappa shape index (κ1) is 16.0. The Hall–Kier alpha value is -0.0800. The van der Waals surface area contributed by atoms with E-state index >= 15 is 0 Å². The van der Waals surface area contributed by atoms with E-state index in [1.807, 2.05) is 0 Å². The summed E-state index contributed by atoms with van der Waals surface area (Å²) in [5.74, 6) is 1.55. The minimum Gasteiger partial charge on any atom is -0.374 e. The van der Waals surface area contributed by atoms with Gasteiger partial charge in [-0.1, -0.05) is 47.5 Å². The molecule has 0 aromatic heterocycles. The lowest BCUT2D eigenvalue weighted by atomic mass is 9.78. The average molecular weight is 255 g/mol. The van der Waals surface area contributed by atoms with Crippen LogP contribution >= 0.6 is 0 Å². The molecule has 1 fully saturated rings. The predicted molar refractivity (Wildman–Crippen MR) is 78.9 cm³/mol. The highest BCUT2D eigenvalue weighted by molar-refractivity contribution is 4.89. The first-order chi connectivity index (χ1) is 8.43. The highest BCUT2D eigenvalue weighted by Gasteiger charge is 2.35. The Balaban J connectivity index is 2.50. The van der Waals surface area contributed by atoms with Crippen LogP contribution in [0.25, 0.3) is 0 Å². The van der Waals surface area contributed by atoms with Crippen molar-refractivity contribution in [3.63, 3.8) is 0 Å². The molecule has 1 saturated carbocycles. The summed E-state index contributed by atoms with van der Waals surface area (Å²) in [5.41, 5.74) is 0.108. The quantitative estimate of drug-likeness (QED) is 0.742. The Morgan fingerprint density at radius 3 is 2.56 bits per heavy atom. The second-order valence-corrected chi connectivity index (χ2v) is 6.95. The van der Waals surface area contributed by atoms with Crippen molar-refractivity contribution >= 4 is 0 Å². The van der Waals surface area contributed by atoms with Gasteiger partial charge in [0.25, 0.3) is 0 Å². The fraction of sp³-hybridized carbons (Fsp3) is 1.00. The summed E-state index contributed by atoms with van der Waals surface area (Å²) in [6, 6.07) is 0.549. The standard InChI is InChI=1S/C16H33NO/c1-13(2)8-10-18-16(12-17-14(3)4)9-6-7-15(5)11-16/h13-15,17H,6-12H2,1-5H3. The van der Waals surface area contributed by atoms with Crippen LogP contribution in [0.3, 0.4) is 0 Å². The van der Waals surface area contributed by atoms with E-state index in [4.69, 9.17) is 4.74 Å². The van der Waals surface area contributed by atoms with E-state index in [-0.39, 0.29) is 5.60 Å². The van der Waals surface area contributed by atoms with Crippen molar-refractivity contribution in [2.45, 2.75) is 78.4 Å². The molecule has 2 nitrogen and oxygen atoms in total. The van der Waals surface area contributed by atoms with Crippen molar-refractivity contribution in [3.8, 4) is 0 Å². The Morgan fingerprint density at radius 2 is 2.00 bits per heavy atom. The largest absolute Gasteiger partial charge is 0.374 e. The molecule has 108 valence electrons. The third-order valence-corrected chi connectivity index (χ3v) is 3.99. The second-order valence-electron chi connectivity index (χ2n) is 6.95. The van der Waals surface area contributed by atoms with Crippen LogP contribution in [0.4, 0.5) is 0 Å². The Kier molecular flexibility index (Phi) is 6.65. The number of rotatable bonds is 7. The molecule has 0 bridgehead atoms. The van der Waals surface area contributed by atoms with Gasteiger partial charge in [-0.25, -0.2) is 0 Å². The van der Waals surface area contributed by atoms with Crippen molar-refractivity contribution in [1.82, 2.24) is 5.32 Å². The lowest BCUT2D eigenvalue weighted by Crippen LogP contribution is -2.48. The van der Waals surface area contributed by atoms with Crippen LogP contribution < -0.4 is 5.32 Å². The van der Waals surface area contributed by atoms with Gasteiger partial charge in [0.1, 0.15) is 0 Å². The first-order valence-electron chi connectivity index (χ1n) is 7.81. The van der Waals surface area contributed by atoms with E-state index in [1.54, 1.807) is 0 Å². The normalized spacial score (nSPS) is 29.2. The van der Waals surface area contributed by atoms with E-state index < -0.39 is 0 Å². The van der Waals surface area contributed by atoms with Gasteiger partial charge in [-0.2, -0.15) is 0 Å². The van der Waals surface area contributed by atoms with Gasteiger partial charge in [0.15, 0.2) is 0 Å². The molecular weight excluding hydrogens is 222 g/mol. The van der Waals surface area contributed by atoms with Gasteiger partial charge in [-0.15, -0.1) is 0 Å². The lowest BCUT2D eigenvalue weighted by molar-refractivity contribution is -0.0830. The van der Waals surface area contributed by atoms with E-state index in [0.717, 1.165) is 25.0 Å². The van der Waals surface area contributed by atoms with Crippen LogP contribution in [0.1, 0.15) is 66.7 Å². The molecule has 0 aromatic rings. The van der Waals surface area contributed by atoms with Crippen molar-refractivity contribution in [3.05, 3.63) is 0 Å². The van der Waals surface area contributed by atoms with Gasteiger partial charge in [0, 0.05) is 19.2 Å². The van der Waals surface area contributed by atoms with Gasteiger partial charge in [0.05, 0.1) is 5.60 Å². The van der Waals surface area contributed by atoms with Gasteiger partial charge in [-0.3, -0.25) is 0 Å². The summed E-state index contributed by atoms with van der Waals surface area (Å²) < 4.78 is 6.34. The van der Waals surface area contributed by atoms with Crippen LogP contribution in [0, 0.1) is 11.8 Å². The summed E-state index contributed by atoms with van der Waals surface area (Å²) in [4.78, 5) is 0. The van der Waals surface area contributed by atoms with E-state index in [9.17, 15) is 0 Å². The average Bonchev–Trinajstić information content (AvgIpc) is 2.26. The summed E-state index contributed by atoms with van der Waals surface area (Å²) in [7, 11) is 0. The molecule has 1 rings (SSSR count). The molecule has 2 unspecified atom stereocenters. The number of hydrogen-bond donors (Lipinski definition) is 1. The van der Waals surface area contributed by atoms with E-state index in [1.165, 1.54) is 32.1 Å². The molecule has 0 aliphatic heterocycles. The van der Waals surface area contributed by atoms with Gasteiger partial charge >= 0.3 is 0 Å². The lowest BCUT2D eigenvalue weighted by Gasteiger charge is -2.41. The summed E-state index contributed by atoms with van der Waals surface area (Å²) in [5, 5.41) is 3.59. The summed E-state index contributed by atoms with van der Waals surface area (Å²) in [6.07, 6.45) is 6.33. The third-order valence-electron chi connectivity index (χ3n) is 3.99. The maximum atomic E-state index is 6.34. The molecule has 0 heterocycles. The molecule has 1 aliphatic rings. The molecule has 1 aliphatic carbocycles. The molecule has 0 aromatic carbocycles. The van der Waals surface area contributed by atoms with Crippen LogP contribution in [-0.2, 0) is 4.74 Å². The van der Waals surface area contributed by atoms with Crippen molar-refractivity contribution in [1.29, 1.82) is 0 Å². The van der Waals surface area contributed by atoms with Crippen LogP contribution in [0.15, 0.2) is 0 Å². The molecule has 1 N–H and O–H groups in total.